The van der Waals surface area contributed by atoms with Crippen molar-refractivity contribution in [3.8, 4) is 11.5 Å². The van der Waals surface area contributed by atoms with Gasteiger partial charge in [0.2, 0.25) is 0 Å². The van der Waals surface area contributed by atoms with Gasteiger partial charge in [-0.05, 0) is 13.0 Å². The summed E-state index contributed by atoms with van der Waals surface area (Å²) >= 11 is 3.00. The molecule has 0 fully saturated rings. The number of nitro groups is 1. The van der Waals surface area contributed by atoms with Crippen LogP contribution < -0.4 is 0 Å². The van der Waals surface area contributed by atoms with Crippen molar-refractivity contribution in [3.05, 3.63) is 38.7 Å². The van der Waals surface area contributed by atoms with E-state index >= 15 is 0 Å². The number of aryl methyl sites for hydroxylation is 1. The Balaban J connectivity index is 2.65. The topological polar surface area (TPSA) is 82.1 Å². The van der Waals surface area contributed by atoms with E-state index in [1.54, 1.807) is 25.1 Å². The van der Waals surface area contributed by atoms with Gasteiger partial charge in [0.15, 0.2) is 0 Å². The van der Waals surface area contributed by atoms with Crippen molar-refractivity contribution < 1.29 is 9.34 Å². The minimum atomic E-state index is -0.456. The van der Waals surface area contributed by atoms with Crippen molar-refractivity contribution in [2.75, 3.05) is 0 Å². The lowest BCUT2D eigenvalue weighted by atomic mass is 10.1. The van der Waals surface area contributed by atoms with Crippen molar-refractivity contribution in [3.63, 3.8) is 0 Å². The first-order valence-corrected chi connectivity index (χ1v) is 5.12. The van der Waals surface area contributed by atoms with Crippen molar-refractivity contribution >= 4 is 21.6 Å². The van der Waals surface area contributed by atoms with Crippen LogP contribution in [0, 0.1) is 17.0 Å². The quantitative estimate of drug-likeness (QED) is 0.625. The summed E-state index contributed by atoms with van der Waals surface area (Å²) in [6.45, 7) is 1.66. The van der Waals surface area contributed by atoms with E-state index < -0.39 is 4.92 Å². The highest BCUT2D eigenvalue weighted by Crippen LogP contribution is 2.32. The van der Waals surface area contributed by atoms with Gasteiger partial charge in [-0.1, -0.05) is 12.1 Å². The highest BCUT2D eigenvalue weighted by Gasteiger charge is 2.21. The maximum Gasteiger partial charge on any atom is 0.285 e. The number of rotatable bonds is 2. The van der Waals surface area contributed by atoms with Crippen LogP contribution in [0.15, 0.2) is 27.4 Å². The predicted octanol–water partition coefficient (Wildman–Crippen LogP) is 2.72. The van der Waals surface area contributed by atoms with Crippen LogP contribution in [0.3, 0.4) is 0 Å². The van der Waals surface area contributed by atoms with E-state index in [-0.39, 0.29) is 16.4 Å². The van der Waals surface area contributed by atoms with E-state index in [0.29, 0.717) is 11.1 Å². The zero-order valence-corrected chi connectivity index (χ0v) is 9.76. The molecule has 7 heteroatoms. The molecular formula is C9H6BrN3O3. The first kappa shape index (κ1) is 10.7. The average molecular weight is 284 g/mol. The normalized spacial score (nSPS) is 10.4. The highest BCUT2D eigenvalue weighted by molar-refractivity contribution is 9.10. The van der Waals surface area contributed by atoms with Gasteiger partial charge in [-0.2, -0.15) is 0 Å². The molecule has 0 saturated carbocycles. The standard InChI is InChI=1S/C9H6BrN3O3/c1-5-3-2-4-6(7(5)13(14)15)8-11-12-9(10)16-8/h2-4H,1H3. The molecule has 1 heterocycles. The number of nitro benzene ring substituents is 1. The smallest absolute Gasteiger partial charge is 0.285 e. The lowest BCUT2D eigenvalue weighted by molar-refractivity contribution is -0.384. The fourth-order valence-electron chi connectivity index (χ4n) is 1.39. The number of nitrogens with zero attached hydrogens (tertiary/aromatic N) is 3. The van der Waals surface area contributed by atoms with Gasteiger partial charge >= 0.3 is 0 Å². The second kappa shape index (κ2) is 4.01. The molecule has 0 radical (unpaired) electrons. The molecule has 0 aliphatic heterocycles. The molecule has 2 aromatic rings. The molecule has 1 aromatic heterocycles. The van der Waals surface area contributed by atoms with Crippen molar-refractivity contribution in [2.24, 2.45) is 0 Å². The molecule has 0 amide bonds. The van der Waals surface area contributed by atoms with Gasteiger partial charge in [0, 0.05) is 21.5 Å². The Labute approximate surface area is 98.6 Å². The number of halogens is 1. The van der Waals surface area contributed by atoms with Crippen LogP contribution in [-0.2, 0) is 0 Å². The second-order valence-electron chi connectivity index (χ2n) is 3.09. The Morgan fingerprint density at radius 3 is 2.75 bits per heavy atom. The van der Waals surface area contributed by atoms with Gasteiger partial charge in [-0.15, -0.1) is 10.2 Å². The summed E-state index contributed by atoms with van der Waals surface area (Å²) in [7, 11) is 0. The lowest BCUT2D eigenvalue weighted by Gasteiger charge is -2.00. The van der Waals surface area contributed by atoms with Gasteiger partial charge in [0.05, 0.1) is 4.92 Å². The van der Waals surface area contributed by atoms with Gasteiger partial charge in [0.1, 0.15) is 5.56 Å². The number of hydrogen-bond donors (Lipinski definition) is 0. The van der Waals surface area contributed by atoms with Crippen LogP contribution in [0.2, 0.25) is 0 Å². The summed E-state index contributed by atoms with van der Waals surface area (Å²) in [6, 6.07) is 4.94. The molecule has 0 unspecified atom stereocenters. The van der Waals surface area contributed by atoms with Crippen LogP contribution in [0.25, 0.3) is 11.5 Å². The molecular weight excluding hydrogens is 278 g/mol. The fourth-order valence-corrected chi connectivity index (χ4v) is 1.62. The molecule has 6 nitrogen and oxygen atoms in total. The monoisotopic (exact) mass is 283 g/mol. The second-order valence-corrected chi connectivity index (χ2v) is 3.77. The van der Waals surface area contributed by atoms with E-state index in [1.165, 1.54) is 0 Å². The Bertz CT molecular complexity index is 553. The first-order chi connectivity index (χ1) is 7.59. The molecule has 1 aromatic carbocycles. The zero-order chi connectivity index (χ0) is 11.7. The van der Waals surface area contributed by atoms with E-state index in [4.69, 9.17) is 4.42 Å². The number of hydrogen-bond acceptors (Lipinski definition) is 5. The number of benzene rings is 1. The molecule has 0 aliphatic carbocycles. The summed E-state index contributed by atoms with van der Waals surface area (Å²) in [5.41, 5.74) is 0.860. The van der Waals surface area contributed by atoms with Crippen molar-refractivity contribution in [1.82, 2.24) is 10.2 Å². The van der Waals surface area contributed by atoms with E-state index in [9.17, 15) is 10.1 Å². The molecule has 16 heavy (non-hydrogen) atoms. The van der Waals surface area contributed by atoms with Gasteiger partial charge in [0.25, 0.3) is 16.4 Å². The van der Waals surface area contributed by atoms with Gasteiger partial charge in [-0.3, -0.25) is 10.1 Å². The van der Waals surface area contributed by atoms with Crippen LogP contribution in [0.1, 0.15) is 5.56 Å². The van der Waals surface area contributed by atoms with Crippen LogP contribution >= 0.6 is 15.9 Å². The molecule has 0 N–H and O–H groups in total. The maximum absolute atomic E-state index is 10.9. The molecule has 0 spiro atoms. The largest absolute Gasteiger partial charge is 0.411 e. The van der Waals surface area contributed by atoms with Crippen LogP contribution in [0.4, 0.5) is 5.69 Å². The summed E-state index contributed by atoms with van der Waals surface area (Å²) in [4.78, 5) is 10.7. The average Bonchev–Trinajstić information content (AvgIpc) is 2.63. The highest BCUT2D eigenvalue weighted by atomic mass is 79.9. The Morgan fingerprint density at radius 2 is 2.19 bits per heavy atom. The summed E-state index contributed by atoms with van der Waals surface area (Å²) in [5.74, 6) is 0.127. The number of para-hydroxylation sites is 1. The Morgan fingerprint density at radius 1 is 1.44 bits per heavy atom. The van der Waals surface area contributed by atoms with Crippen molar-refractivity contribution in [2.45, 2.75) is 6.92 Å². The van der Waals surface area contributed by atoms with E-state index in [1.807, 2.05) is 0 Å². The predicted molar refractivity (Wildman–Crippen MR) is 58.8 cm³/mol. The molecule has 0 aliphatic rings. The summed E-state index contributed by atoms with van der Waals surface area (Å²) < 4.78 is 5.11. The Hall–Kier alpha value is -1.76. The number of aromatic nitrogens is 2. The van der Waals surface area contributed by atoms with E-state index in [2.05, 4.69) is 26.1 Å². The third-order valence-corrected chi connectivity index (χ3v) is 2.37. The van der Waals surface area contributed by atoms with Gasteiger partial charge in [-0.25, -0.2) is 0 Å². The maximum atomic E-state index is 10.9. The van der Waals surface area contributed by atoms with E-state index in [0.717, 1.165) is 0 Å². The van der Waals surface area contributed by atoms with Crippen molar-refractivity contribution in [1.29, 1.82) is 0 Å². The molecule has 2 rings (SSSR count). The van der Waals surface area contributed by atoms with Gasteiger partial charge < -0.3 is 4.42 Å². The van der Waals surface area contributed by atoms with Crippen LogP contribution in [-0.4, -0.2) is 15.1 Å². The minimum Gasteiger partial charge on any atom is -0.411 e. The zero-order valence-electron chi connectivity index (χ0n) is 8.18. The minimum absolute atomic E-state index is 0.0151. The molecule has 0 saturated heterocycles. The lowest BCUT2D eigenvalue weighted by Crippen LogP contribution is -1.95. The fraction of sp³-hybridized carbons (Fsp3) is 0.111. The third kappa shape index (κ3) is 1.81. The third-order valence-electron chi connectivity index (χ3n) is 2.05. The SMILES string of the molecule is Cc1cccc(-c2nnc(Br)o2)c1[N+](=O)[O-]. The molecule has 0 atom stereocenters. The van der Waals surface area contributed by atoms with Crippen LogP contribution in [0.5, 0.6) is 0 Å². The molecule has 82 valence electrons. The summed E-state index contributed by atoms with van der Waals surface area (Å²) in [6.07, 6.45) is 0. The first-order valence-electron chi connectivity index (χ1n) is 4.33. The Kier molecular flexibility index (Phi) is 2.69. The molecule has 0 bridgehead atoms. The summed E-state index contributed by atoms with van der Waals surface area (Å²) in [5, 5.41) is 18.2.